The number of aryl methyl sites for hydroxylation is 1. The van der Waals surface area contributed by atoms with Gasteiger partial charge in [-0.15, -0.1) is 0 Å². The van der Waals surface area contributed by atoms with Gasteiger partial charge < -0.3 is 14.5 Å². The van der Waals surface area contributed by atoms with Crippen LogP contribution in [-0.4, -0.2) is 5.78 Å². The summed E-state index contributed by atoms with van der Waals surface area (Å²) in [6, 6.07) is 9.59. The number of carbonyl (C=O) groups excluding carboxylic acids is 1. The Morgan fingerprint density at radius 3 is 2.60 bits per heavy atom. The fourth-order valence-electron chi connectivity index (χ4n) is 2.60. The summed E-state index contributed by atoms with van der Waals surface area (Å²) in [7, 11) is 0. The van der Waals surface area contributed by atoms with Gasteiger partial charge in [0.25, 0.3) is 0 Å². The maximum atomic E-state index is 12.4. The maximum absolute atomic E-state index is 12.4. The predicted octanol–water partition coefficient (Wildman–Crippen LogP) is 3.00. The molecule has 25 heavy (non-hydrogen) atoms. The molecule has 7 heteroatoms. The topological polar surface area (TPSA) is 92.3 Å². The largest absolute Gasteiger partial charge is 0.439 e. The molecule has 3 rings (SSSR count). The molecule has 0 saturated heterocycles. The normalized spacial score (nSPS) is 17.6. The van der Waals surface area contributed by atoms with Gasteiger partial charge in [-0.25, -0.2) is 4.79 Å². The van der Waals surface area contributed by atoms with E-state index >= 15 is 0 Å². The molecule has 1 aromatic heterocycles. The molecule has 0 aliphatic carbocycles. The minimum Gasteiger partial charge on any atom is -0.439 e. The van der Waals surface area contributed by atoms with Crippen molar-refractivity contribution in [2.24, 2.45) is 0 Å². The second-order valence-electron chi connectivity index (χ2n) is 5.53. The summed E-state index contributed by atoms with van der Waals surface area (Å²) >= 11 is 5.92. The van der Waals surface area contributed by atoms with E-state index < -0.39 is 17.5 Å². The maximum Gasteiger partial charge on any atom is 0.345 e. The van der Waals surface area contributed by atoms with Gasteiger partial charge >= 0.3 is 5.63 Å². The summed E-state index contributed by atoms with van der Waals surface area (Å²) in [6.07, 6.45) is 0. The highest BCUT2D eigenvalue weighted by Crippen LogP contribution is 2.35. The summed E-state index contributed by atoms with van der Waals surface area (Å²) in [6.45, 7) is 2.89. The van der Waals surface area contributed by atoms with Crippen molar-refractivity contribution in [1.82, 2.24) is 5.32 Å². The van der Waals surface area contributed by atoms with Crippen molar-refractivity contribution in [3.05, 3.63) is 74.1 Å². The Kier molecular flexibility index (Phi) is 4.34. The Hall–Kier alpha value is -3.04. The number of hydrogen-bond acceptors (Lipinski definition) is 6. The molecule has 1 unspecified atom stereocenters. The van der Waals surface area contributed by atoms with Gasteiger partial charge in [0, 0.05) is 18.0 Å². The van der Waals surface area contributed by atoms with Gasteiger partial charge in [-0.2, -0.15) is 5.26 Å². The summed E-state index contributed by atoms with van der Waals surface area (Å²) in [5.41, 5.74) is 0.263. The van der Waals surface area contributed by atoms with Crippen LogP contribution in [0.3, 0.4) is 0 Å². The number of halogens is 1. The van der Waals surface area contributed by atoms with E-state index in [4.69, 9.17) is 20.8 Å². The van der Waals surface area contributed by atoms with E-state index in [-0.39, 0.29) is 22.8 Å². The van der Waals surface area contributed by atoms with Crippen LogP contribution in [0.4, 0.5) is 0 Å². The van der Waals surface area contributed by atoms with E-state index in [1.807, 2.05) is 6.07 Å². The minimum atomic E-state index is -0.643. The third-order valence-corrected chi connectivity index (χ3v) is 4.00. The van der Waals surface area contributed by atoms with E-state index in [0.29, 0.717) is 16.3 Å². The fraction of sp³-hybridized carbons (Fsp3) is 0.167. The van der Waals surface area contributed by atoms with Crippen LogP contribution in [0.25, 0.3) is 0 Å². The lowest BCUT2D eigenvalue weighted by Crippen LogP contribution is -2.35. The molecule has 2 aromatic rings. The van der Waals surface area contributed by atoms with Crippen LogP contribution in [0.2, 0.25) is 5.02 Å². The lowest BCUT2D eigenvalue weighted by molar-refractivity contribution is -0.113. The van der Waals surface area contributed by atoms with Crippen molar-refractivity contribution in [1.29, 1.82) is 5.26 Å². The number of nitriles is 1. The Bertz CT molecular complexity index is 984. The lowest BCUT2D eigenvalue weighted by Gasteiger charge is -2.29. The van der Waals surface area contributed by atoms with Crippen LogP contribution in [-0.2, 0) is 4.79 Å². The molecular weight excluding hydrogens is 344 g/mol. The van der Waals surface area contributed by atoms with E-state index in [9.17, 15) is 14.9 Å². The van der Waals surface area contributed by atoms with Crippen molar-refractivity contribution in [3.63, 3.8) is 0 Å². The van der Waals surface area contributed by atoms with Gasteiger partial charge in [-0.05, 0) is 24.6 Å². The average Bonchev–Trinajstić information content (AvgIpc) is 2.54. The van der Waals surface area contributed by atoms with Crippen LogP contribution >= 0.6 is 11.6 Å². The van der Waals surface area contributed by atoms with Crippen LogP contribution in [0.1, 0.15) is 29.9 Å². The number of rotatable bonds is 2. The first-order valence-corrected chi connectivity index (χ1v) is 7.78. The van der Waals surface area contributed by atoms with E-state index in [0.717, 1.165) is 0 Å². The second-order valence-corrected chi connectivity index (χ2v) is 5.96. The van der Waals surface area contributed by atoms with Crippen LogP contribution < -0.4 is 15.7 Å². The molecule has 0 saturated carbocycles. The van der Waals surface area contributed by atoms with E-state index in [1.165, 1.54) is 6.92 Å². The molecule has 1 aliphatic rings. The standard InChI is InChI=1S/C18H13ClN2O4/c1-9-7-14-15(18(23)24-9)16(11-3-5-12(19)6-4-11)21-17(25-14)13(8-20)10(2)22/h3-7,16,21H,1-2H3/b17-13+. The van der Waals surface area contributed by atoms with Crippen molar-refractivity contribution in [2.45, 2.75) is 19.9 Å². The first-order chi connectivity index (χ1) is 11.9. The number of Topliss-reactive ketones (excluding diaryl/α,β-unsaturated/α-hetero) is 1. The molecule has 2 heterocycles. The first kappa shape index (κ1) is 16.8. The van der Waals surface area contributed by atoms with Crippen LogP contribution in [0.15, 0.2) is 51.0 Å². The van der Waals surface area contributed by atoms with Gasteiger partial charge in [0.15, 0.2) is 11.4 Å². The molecule has 1 atom stereocenters. The Morgan fingerprint density at radius 2 is 2.00 bits per heavy atom. The number of ether oxygens (including phenoxy) is 1. The van der Waals surface area contributed by atoms with Gasteiger partial charge in [0.05, 0.1) is 6.04 Å². The molecule has 1 N–H and O–H groups in total. The SMILES string of the molecule is CC(=O)/C(C#N)=C1\NC(c2ccc(Cl)cc2)c2c(cc(C)oc2=O)O1. The molecule has 1 aliphatic heterocycles. The predicted molar refractivity (Wildman–Crippen MR) is 90.1 cm³/mol. The zero-order valence-electron chi connectivity index (χ0n) is 13.4. The molecule has 6 nitrogen and oxygen atoms in total. The highest BCUT2D eigenvalue weighted by atomic mass is 35.5. The fourth-order valence-corrected chi connectivity index (χ4v) is 2.72. The molecule has 0 bridgehead atoms. The monoisotopic (exact) mass is 356 g/mol. The first-order valence-electron chi connectivity index (χ1n) is 7.40. The zero-order valence-corrected chi connectivity index (χ0v) is 14.2. The summed E-state index contributed by atoms with van der Waals surface area (Å²) in [5, 5.41) is 12.7. The molecule has 0 fully saturated rings. The van der Waals surface area contributed by atoms with E-state index in [2.05, 4.69) is 5.32 Å². The number of hydrogen-bond donors (Lipinski definition) is 1. The van der Waals surface area contributed by atoms with Gasteiger partial charge in [0.1, 0.15) is 23.1 Å². The lowest BCUT2D eigenvalue weighted by atomic mass is 9.97. The smallest absolute Gasteiger partial charge is 0.345 e. The van der Waals surface area contributed by atoms with Gasteiger partial charge in [0.2, 0.25) is 5.88 Å². The van der Waals surface area contributed by atoms with Crippen molar-refractivity contribution in [2.75, 3.05) is 0 Å². The highest BCUT2D eigenvalue weighted by Gasteiger charge is 2.32. The van der Waals surface area contributed by atoms with Gasteiger partial charge in [-0.1, -0.05) is 23.7 Å². The third-order valence-electron chi connectivity index (χ3n) is 3.74. The number of benzene rings is 1. The van der Waals surface area contributed by atoms with Gasteiger partial charge in [-0.3, -0.25) is 4.79 Å². The number of ketones is 1. The second kappa shape index (κ2) is 6.46. The number of fused-ring (bicyclic) bond motifs is 1. The summed E-state index contributed by atoms with van der Waals surface area (Å²) in [4.78, 5) is 24.1. The van der Waals surface area contributed by atoms with Crippen molar-refractivity contribution >= 4 is 17.4 Å². The quantitative estimate of drug-likeness (QED) is 0.657. The Balaban J connectivity index is 2.24. The molecular formula is C18H13ClN2O4. The summed E-state index contributed by atoms with van der Waals surface area (Å²) < 4.78 is 10.8. The number of nitrogens with one attached hydrogen (secondary N) is 1. The van der Waals surface area contributed by atoms with Crippen molar-refractivity contribution in [3.8, 4) is 11.8 Å². The molecule has 126 valence electrons. The number of allylic oxidation sites excluding steroid dienone is 1. The van der Waals surface area contributed by atoms with Crippen molar-refractivity contribution < 1.29 is 13.9 Å². The van der Waals surface area contributed by atoms with Crippen LogP contribution in [0.5, 0.6) is 5.75 Å². The van der Waals surface area contributed by atoms with E-state index in [1.54, 1.807) is 37.3 Å². The minimum absolute atomic E-state index is 0.00690. The zero-order chi connectivity index (χ0) is 18.1. The number of nitrogens with zero attached hydrogens (tertiary/aromatic N) is 1. The Morgan fingerprint density at radius 1 is 1.32 bits per heavy atom. The summed E-state index contributed by atoms with van der Waals surface area (Å²) in [5.74, 6) is 0.174. The third kappa shape index (κ3) is 3.14. The molecule has 0 radical (unpaired) electrons. The Labute approximate surface area is 148 Å². The number of carbonyl (C=O) groups is 1. The van der Waals surface area contributed by atoms with Crippen LogP contribution in [0, 0.1) is 18.3 Å². The highest BCUT2D eigenvalue weighted by molar-refractivity contribution is 6.30. The molecule has 0 amide bonds. The molecule has 0 spiro atoms. The average molecular weight is 357 g/mol. The molecule has 1 aromatic carbocycles.